The van der Waals surface area contributed by atoms with Crippen LogP contribution < -0.4 is 10.6 Å². The Hall–Kier alpha value is -1.39. The van der Waals surface area contributed by atoms with Crippen LogP contribution in [0.5, 0.6) is 0 Å². The van der Waals surface area contributed by atoms with Gasteiger partial charge in [-0.3, -0.25) is 9.69 Å². The first-order chi connectivity index (χ1) is 9.63. The van der Waals surface area contributed by atoms with Crippen molar-refractivity contribution < 1.29 is 4.79 Å². The molecule has 0 aliphatic heterocycles. The van der Waals surface area contributed by atoms with Crippen LogP contribution in [-0.2, 0) is 4.79 Å². The van der Waals surface area contributed by atoms with Gasteiger partial charge in [-0.1, -0.05) is 37.3 Å². The normalized spacial score (nSPS) is 12.4. The monoisotopic (exact) mass is 277 g/mol. The highest BCUT2D eigenvalue weighted by Crippen LogP contribution is 2.12. The molecule has 0 bridgehead atoms. The van der Waals surface area contributed by atoms with E-state index in [4.69, 9.17) is 0 Å². The van der Waals surface area contributed by atoms with E-state index in [0.717, 1.165) is 19.5 Å². The second-order valence-corrected chi connectivity index (χ2v) is 5.31. The van der Waals surface area contributed by atoms with Crippen LogP contribution >= 0.6 is 0 Å². The maximum atomic E-state index is 11.9. The van der Waals surface area contributed by atoms with Crippen molar-refractivity contribution in [3.63, 3.8) is 0 Å². The van der Waals surface area contributed by atoms with E-state index in [2.05, 4.69) is 34.6 Å². The summed E-state index contributed by atoms with van der Waals surface area (Å²) < 4.78 is 0. The minimum atomic E-state index is 0.0970. The molecule has 20 heavy (non-hydrogen) atoms. The molecule has 4 nitrogen and oxygen atoms in total. The van der Waals surface area contributed by atoms with E-state index in [0.29, 0.717) is 19.0 Å². The summed E-state index contributed by atoms with van der Waals surface area (Å²) in [5.74, 6) is 0.439. The van der Waals surface area contributed by atoms with E-state index in [1.807, 2.05) is 32.3 Å². The van der Waals surface area contributed by atoms with Gasteiger partial charge in [0.1, 0.15) is 0 Å². The third kappa shape index (κ3) is 6.68. The maximum Gasteiger partial charge on any atom is 0.234 e. The number of hydrogen-bond donors (Lipinski definition) is 2. The van der Waals surface area contributed by atoms with Gasteiger partial charge in [-0.05, 0) is 45.1 Å². The summed E-state index contributed by atoms with van der Waals surface area (Å²) >= 11 is 0. The minimum absolute atomic E-state index is 0.0970. The van der Waals surface area contributed by atoms with Gasteiger partial charge in [0.25, 0.3) is 0 Å². The number of carbonyl (C=O) groups excluding carboxylic acids is 1. The Kier molecular flexibility index (Phi) is 7.92. The Labute approximate surface area is 122 Å². The predicted molar refractivity (Wildman–Crippen MR) is 83.9 cm³/mol. The van der Waals surface area contributed by atoms with Gasteiger partial charge in [-0.2, -0.15) is 0 Å². The van der Waals surface area contributed by atoms with E-state index >= 15 is 0 Å². The average Bonchev–Trinajstić information content (AvgIpc) is 2.46. The number of amides is 1. The van der Waals surface area contributed by atoms with Gasteiger partial charge in [0.2, 0.25) is 5.91 Å². The smallest absolute Gasteiger partial charge is 0.234 e. The molecule has 0 heterocycles. The first kappa shape index (κ1) is 16.7. The summed E-state index contributed by atoms with van der Waals surface area (Å²) in [6.45, 7) is 5.20. The van der Waals surface area contributed by atoms with E-state index in [9.17, 15) is 4.79 Å². The average molecular weight is 277 g/mol. The van der Waals surface area contributed by atoms with Crippen molar-refractivity contribution in [1.82, 2.24) is 15.5 Å². The third-order valence-corrected chi connectivity index (χ3v) is 3.35. The molecule has 1 amide bonds. The molecule has 0 aromatic heterocycles. The molecule has 0 spiro atoms. The zero-order valence-electron chi connectivity index (χ0n) is 12.9. The van der Waals surface area contributed by atoms with Crippen molar-refractivity contribution in [2.45, 2.75) is 19.3 Å². The van der Waals surface area contributed by atoms with E-state index in [1.54, 1.807) is 0 Å². The number of benzene rings is 1. The zero-order chi connectivity index (χ0) is 14.8. The molecule has 1 unspecified atom stereocenters. The van der Waals surface area contributed by atoms with E-state index in [1.165, 1.54) is 5.56 Å². The van der Waals surface area contributed by atoms with Gasteiger partial charge < -0.3 is 10.6 Å². The highest BCUT2D eigenvalue weighted by molar-refractivity contribution is 5.78. The fourth-order valence-electron chi connectivity index (χ4n) is 2.07. The van der Waals surface area contributed by atoms with Crippen molar-refractivity contribution >= 4 is 5.91 Å². The van der Waals surface area contributed by atoms with Crippen LogP contribution in [0.3, 0.4) is 0 Å². The van der Waals surface area contributed by atoms with Crippen molar-refractivity contribution in [3.05, 3.63) is 35.9 Å². The molecular formula is C16H27N3O. The van der Waals surface area contributed by atoms with Crippen molar-refractivity contribution in [3.8, 4) is 0 Å². The van der Waals surface area contributed by atoms with Gasteiger partial charge in [0, 0.05) is 6.54 Å². The number of nitrogens with zero attached hydrogens (tertiary/aromatic N) is 1. The molecule has 1 aromatic rings. The number of carbonyl (C=O) groups is 1. The Balaban J connectivity index is 2.22. The highest BCUT2D eigenvalue weighted by atomic mass is 16.2. The third-order valence-electron chi connectivity index (χ3n) is 3.35. The molecular weight excluding hydrogens is 250 g/mol. The molecule has 112 valence electrons. The minimum Gasteiger partial charge on any atom is -0.354 e. The van der Waals surface area contributed by atoms with Crippen LogP contribution in [-0.4, -0.2) is 51.1 Å². The topological polar surface area (TPSA) is 44.4 Å². The fourth-order valence-corrected chi connectivity index (χ4v) is 2.07. The van der Waals surface area contributed by atoms with Gasteiger partial charge in [0.05, 0.1) is 6.54 Å². The Morgan fingerprint density at radius 2 is 2.00 bits per heavy atom. The number of likely N-dealkylation sites (N-methyl/N-ethyl adjacent to an activating group) is 1. The first-order valence-corrected chi connectivity index (χ1v) is 7.28. The standard InChI is InChI=1S/C16H27N3O/c1-14(15-8-5-4-6-9-15)12-18-16(20)13-19(3)11-7-10-17-2/h4-6,8-9,14,17H,7,10-13H2,1-3H3,(H,18,20). The number of hydrogen-bond acceptors (Lipinski definition) is 3. The molecule has 0 aliphatic carbocycles. The lowest BCUT2D eigenvalue weighted by molar-refractivity contribution is -0.122. The molecule has 0 aliphatic rings. The molecule has 1 aromatic carbocycles. The Morgan fingerprint density at radius 1 is 1.30 bits per heavy atom. The number of nitrogens with one attached hydrogen (secondary N) is 2. The van der Waals surface area contributed by atoms with Crippen LogP contribution in [0.25, 0.3) is 0 Å². The molecule has 0 saturated carbocycles. The maximum absolute atomic E-state index is 11.9. The predicted octanol–water partition coefficient (Wildman–Crippen LogP) is 1.45. The number of rotatable bonds is 9. The second kappa shape index (κ2) is 9.50. The van der Waals surface area contributed by atoms with Crippen molar-refractivity contribution in [1.29, 1.82) is 0 Å². The summed E-state index contributed by atoms with van der Waals surface area (Å²) in [6.07, 6.45) is 1.06. The van der Waals surface area contributed by atoms with E-state index < -0.39 is 0 Å². The van der Waals surface area contributed by atoms with Crippen molar-refractivity contribution in [2.75, 3.05) is 40.3 Å². The van der Waals surface area contributed by atoms with Crippen LogP contribution in [0.15, 0.2) is 30.3 Å². The summed E-state index contributed by atoms with van der Waals surface area (Å²) in [7, 11) is 3.92. The fraction of sp³-hybridized carbons (Fsp3) is 0.562. The van der Waals surface area contributed by atoms with Gasteiger partial charge >= 0.3 is 0 Å². The lowest BCUT2D eigenvalue weighted by atomic mass is 10.0. The molecule has 0 fully saturated rings. The lowest BCUT2D eigenvalue weighted by Crippen LogP contribution is -2.37. The largest absolute Gasteiger partial charge is 0.354 e. The lowest BCUT2D eigenvalue weighted by Gasteiger charge is -2.17. The van der Waals surface area contributed by atoms with Crippen molar-refractivity contribution in [2.24, 2.45) is 0 Å². The van der Waals surface area contributed by atoms with Crippen LogP contribution in [0.2, 0.25) is 0 Å². The van der Waals surface area contributed by atoms with E-state index in [-0.39, 0.29) is 5.91 Å². The highest BCUT2D eigenvalue weighted by Gasteiger charge is 2.09. The second-order valence-electron chi connectivity index (χ2n) is 5.31. The summed E-state index contributed by atoms with van der Waals surface area (Å²) in [4.78, 5) is 13.9. The SMILES string of the molecule is CNCCCN(C)CC(=O)NCC(C)c1ccccc1. The zero-order valence-corrected chi connectivity index (χ0v) is 12.9. The molecule has 2 N–H and O–H groups in total. The van der Waals surface area contributed by atoms with Crippen LogP contribution in [0, 0.1) is 0 Å². The first-order valence-electron chi connectivity index (χ1n) is 7.28. The Bertz CT molecular complexity index is 381. The summed E-state index contributed by atoms with van der Waals surface area (Å²) in [6, 6.07) is 10.3. The summed E-state index contributed by atoms with van der Waals surface area (Å²) in [5, 5.41) is 6.11. The van der Waals surface area contributed by atoms with Crippen LogP contribution in [0.4, 0.5) is 0 Å². The van der Waals surface area contributed by atoms with Gasteiger partial charge in [-0.15, -0.1) is 0 Å². The van der Waals surface area contributed by atoms with Crippen LogP contribution in [0.1, 0.15) is 24.8 Å². The van der Waals surface area contributed by atoms with Gasteiger partial charge in [0.15, 0.2) is 0 Å². The quantitative estimate of drug-likeness (QED) is 0.672. The molecule has 1 rings (SSSR count). The molecule has 0 saturated heterocycles. The molecule has 1 atom stereocenters. The molecule has 0 radical (unpaired) electrons. The summed E-state index contributed by atoms with van der Waals surface area (Å²) in [5.41, 5.74) is 1.26. The Morgan fingerprint density at radius 3 is 2.65 bits per heavy atom. The molecule has 4 heteroatoms. The van der Waals surface area contributed by atoms with Gasteiger partial charge in [-0.25, -0.2) is 0 Å².